The first-order valence-electron chi connectivity index (χ1n) is 5.43. The van der Waals surface area contributed by atoms with Crippen molar-refractivity contribution >= 4 is 9.84 Å². The number of quaternary nitrogens is 1. The number of nitrogens with one attached hydrogen (secondary N) is 1. The van der Waals surface area contributed by atoms with Gasteiger partial charge in [0.2, 0.25) is 0 Å². The maximum absolute atomic E-state index is 11.3. The largest absolute Gasteiger partial charge is 0.328 e. The van der Waals surface area contributed by atoms with Crippen LogP contribution in [0.25, 0.3) is 0 Å². The van der Waals surface area contributed by atoms with Gasteiger partial charge in [0.1, 0.15) is 11.8 Å². The average molecular weight is 216 g/mol. The molecule has 1 atom stereocenters. The molecule has 2 heterocycles. The van der Waals surface area contributed by atoms with Crippen molar-refractivity contribution in [1.29, 1.82) is 0 Å². The van der Waals surface area contributed by atoms with Crippen LogP contribution in [0.3, 0.4) is 0 Å². The SMILES string of the molecule is O=S1(=O)C=C[C@H]([NH+]2CCCCCC2)C1. The van der Waals surface area contributed by atoms with E-state index in [0.717, 1.165) is 13.1 Å². The smallest absolute Gasteiger partial charge is 0.177 e. The van der Waals surface area contributed by atoms with Gasteiger partial charge in [0, 0.05) is 5.41 Å². The summed E-state index contributed by atoms with van der Waals surface area (Å²) in [4.78, 5) is 1.47. The molecular formula is C10H18NO2S+. The molecule has 0 spiro atoms. The van der Waals surface area contributed by atoms with E-state index in [2.05, 4.69) is 0 Å². The fourth-order valence-corrected chi connectivity index (χ4v) is 3.77. The topological polar surface area (TPSA) is 38.6 Å². The summed E-state index contributed by atoms with van der Waals surface area (Å²) in [5.41, 5.74) is 0. The quantitative estimate of drug-likeness (QED) is 0.657. The van der Waals surface area contributed by atoms with Gasteiger partial charge in [-0.15, -0.1) is 0 Å². The second kappa shape index (κ2) is 4.03. The molecule has 0 unspecified atom stereocenters. The van der Waals surface area contributed by atoms with Crippen molar-refractivity contribution in [2.24, 2.45) is 0 Å². The lowest BCUT2D eigenvalue weighted by molar-refractivity contribution is -0.915. The van der Waals surface area contributed by atoms with Crippen LogP contribution in [-0.4, -0.2) is 33.3 Å². The van der Waals surface area contributed by atoms with E-state index >= 15 is 0 Å². The van der Waals surface area contributed by atoms with Crippen LogP contribution in [0.4, 0.5) is 0 Å². The average Bonchev–Trinajstić information content (AvgIpc) is 2.42. The molecule has 0 bridgehead atoms. The summed E-state index contributed by atoms with van der Waals surface area (Å²) in [6, 6.07) is 0.234. The second-order valence-electron chi connectivity index (χ2n) is 4.34. The number of sulfone groups is 1. The molecule has 1 N–H and O–H groups in total. The van der Waals surface area contributed by atoms with Crippen molar-refractivity contribution in [3.63, 3.8) is 0 Å². The van der Waals surface area contributed by atoms with E-state index < -0.39 is 9.84 Å². The Morgan fingerprint density at radius 1 is 1.07 bits per heavy atom. The molecule has 0 amide bonds. The van der Waals surface area contributed by atoms with Crippen LogP contribution < -0.4 is 4.90 Å². The van der Waals surface area contributed by atoms with Gasteiger partial charge in [-0.1, -0.05) is 0 Å². The molecule has 0 aromatic carbocycles. The van der Waals surface area contributed by atoms with Gasteiger partial charge in [0.05, 0.1) is 13.1 Å². The molecule has 1 saturated heterocycles. The van der Waals surface area contributed by atoms with Crippen molar-refractivity contribution in [3.8, 4) is 0 Å². The Kier molecular flexibility index (Phi) is 2.93. The Labute approximate surface area is 85.7 Å². The van der Waals surface area contributed by atoms with Gasteiger partial charge in [0.15, 0.2) is 9.84 Å². The van der Waals surface area contributed by atoms with Crippen molar-refractivity contribution in [1.82, 2.24) is 0 Å². The third kappa shape index (κ3) is 2.36. The fraction of sp³-hybridized carbons (Fsp3) is 0.800. The lowest BCUT2D eigenvalue weighted by atomic mass is 10.2. The molecule has 3 nitrogen and oxygen atoms in total. The monoisotopic (exact) mass is 216 g/mol. The molecule has 0 aromatic heterocycles. The fourth-order valence-electron chi connectivity index (χ4n) is 2.38. The third-order valence-corrected chi connectivity index (χ3v) is 4.60. The Morgan fingerprint density at radius 3 is 2.21 bits per heavy atom. The van der Waals surface area contributed by atoms with E-state index in [9.17, 15) is 8.42 Å². The van der Waals surface area contributed by atoms with Gasteiger partial charge in [0.25, 0.3) is 0 Å². The van der Waals surface area contributed by atoms with E-state index in [0.29, 0.717) is 5.75 Å². The highest BCUT2D eigenvalue weighted by molar-refractivity contribution is 7.94. The highest BCUT2D eigenvalue weighted by Crippen LogP contribution is 2.07. The third-order valence-electron chi connectivity index (χ3n) is 3.20. The number of rotatable bonds is 1. The highest BCUT2D eigenvalue weighted by Gasteiger charge is 2.30. The summed E-state index contributed by atoms with van der Waals surface area (Å²) in [6.45, 7) is 2.29. The predicted molar refractivity (Wildman–Crippen MR) is 55.9 cm³/mol. The van der Waals surface area contributed by atoms with Gasteiger partial charge in [-0.05, 0) is 31.8 Å². The molecule has 0 aliphatic carbocycles. The molecule has 2 rings (SSSR count). The van der Waals surface area contributed by atoms with Crippen LogP contribution in [0.15, 0.2) is 11.5 Å². The first-order valence-corrected chi connectivity index (χ1v) is 7.14. The zero-order valence-corrected chi connectivity index (χ0v) is 9.22. The number of likely N-dealkylation sites (tertiary alicyclic amines) is 1. The standard InChI is InChI=1S/C10H17NO2S/c12-14(13)8-5-10(9-14)11-6-3-1-2-4-7-11/h5,8,10H,1-4,6-7,9H2/p+1/t10-/m0/s1. The van der Waals surface area contributed by atoms with Crippen LogP contribution in [0.1, 0.15) is 25.7 Å². The van der Waals surface area contributed by atoms with Crippen molar-refractivity contribution in [2.75, 3.05) is 18.8 Å². The molecule has 14 heavy (non-hydrogen) atoms. The normalized spacial score (nSPS) is 33.0. The Hall–Kier alpha value is -0.350. The minimum absolute atomic E-state index is 0.234. The molecule has 2 aliphatic rings. The summed E-state index contributed by atoms with van der Waals surface area (Å²) < 4.78 is 22.5. The van der Waals surface area contributed by atoms with Crippen LogP contribution >= 0.6 is 0 Å². The van der Waals surface area contributed by atoms with E-state index in [1.807, 2.05) is 6.08 Å². The lowest BCUT2D eigenvalue weighted by Crippen LogP contribution is -3.15. The van der Waals surface area contributed by atoms with Gasteiger partial charge < -0.3 is 4.90 Å². The van der Waals surface area contributed by atoms with Crippen molar-refractivity contribution in [2.45, 2.75) is 31.7 Å². The van der Waals surface area contributed by atoms with Crippen molar-refractivity contribution in [3.05, 3.63) is 11.5 Å². The second-order valence-corrected chi connectivity index (χ2v) is 6.27. The Bertz CT molecular complexity index is 313. The molecule has 4 heteroatoms. The molecule has 0 saturated carbocycles. The molecule has 1 fully saturated rings. The van der Waals surface area contributed by atoms with Gasteiger partial charge in [-0.3, -0.25) is 0 Å². The zero-order valence-electron chi connectivity index (χ0n) is 8.41. The summed E-state index contributed by atoms with van der Waals surface area (Å²) in [5.74, 6) is 0.336. The van der Waals surface area contributed by atoms with Crippen LogP contribution in [-0.2, 0) is 9.84 Å². The van der Waals surface area contributed by atoms with E-state index in [-0.39, 0.29) is 6.04 Å². The summed E-state index contributed by atoms with van der Waals surface area (Å²) in [6.07, 6.45) is 7.01. The minimum Gasteiger partial charge on any atom is -0.328 e. The first kappa shape index (κ1) is 10.2. The molecule has 0 aromatic rings. The number of hydrogen-bond donors (Lipinski definition) is 1. The first-order chi connectivity index (χ1) is 6.67. The Morgan fingerprint density at radius 2 is 1.71 bits per heavy atom. The van der Waals surface area contributed by atoms with Gasteiger partial charge in [-0.2, -0.15) is 0 Å². The summed E-state index contributed by atoms with van der Waals surface area (Å²) >= 11 is 0. The summed E-state index contributed by atoms with van der Waals surface area (Å²) in [7, 11) is -2.86. The van der Waals surface area contributed by atoms with Gasteiger partial charge in [-0.25, -0.2) is 8.42 Å². The zero-order chi connectivity index (χ0) is 10.0. The molecular weight excluding hydrogens is 198 g/mol. The number of hydrogen-bond acceptors (Lipinski definition) is 2. The maximum Gasteiger partial charge on any atom is 0.177 e. The van der Waals surface area contributed by atoms with Crippen LogP contribution in [0.2, 0.25) is 0 Å². The predicted octanol–water partition coefficient (Wildman–Crippen LogP) is -0.244. The van der Waals surface area contributed by atoms with Crippen molar-refractivity contribution < 1.29 is 13.3 Å². The van der Waals surface area contributed by atoms with E-state index in [4.69, 9.17) is 0 Å². The Balaban J connectivity index is 1.99. The molecule has 2 aliphatic heterocycles. The van der Waals surface area contributed by atoms with Gasteiger partial charge >= 0.3 is 0 Å². The minimum atomic E-state index is -2.86. The maximum atomic E-state index is 11.3. The molecule has 0 radical (unpaired) electrons. The highest BCUT2D eigenvalue weighted by atomic mass is 32.2. The summed E-state index contributed by atoms with van der Waals surface area (Å²) in [5, 5.41) is 1.40. The van der Waals surface area contributed by atoms with Crippen LogP contribution in [0, 0.1) is 0 Å². The lowest BCUT2D eigenvalue weighted by Gasteiger charge is -2.21. The van der Waals surface area contributed by atoms with E-state index in [1.165, 1.54) is 36.0 Å². The van der Waals surface area contributed by atoms with E-state index in [1.54, 1.807) is 0 Å². The van der Waals surface area contributed by atoms with Crippen LogP contribution in [0.5, 0.6) is 0 Å². The molecule has 80 valence electrons.